The van der Waals surface area contributed by atoms with E-state index in [0.29, 0.717) is 16.6 Å². The first-order valence-electron chi connectivity index (χ1n) is 6.89. The van der Waals surface area contributed by atoms with Crippen LogP contribution in [0.5, 0.6) is 0 Å². The van der Waals surface area contributed by atoms with Crippen LogP contribution in [0.1, 0.15) is 24.4 Å². The van der Waals surface area contributed by atoms with Crippen molar-refractivity contribution in [3.63, 3.8) is 0 Å². The summed E-state index contributed by atoms with van der Waals surface area (Å²) in [5, 5.41) is 7.60. The lowest BCUT2D eigenvalue weighted by molar-refractivity contribution is -0.122. The van der Waals surface area contributed by atoms with Gasteiger partial charge in [-0.05, 0) is 30.5 Å². The molecule has 0 spiro atoms. The highest BCUT2D eigenvalue weighted by Crippen LogP contribution is 2.32. The zero-order valence-corrected chi connectivity index (χ0v) is 13.1. The van der Waals surface area contributed by atoms with Gasteiger partial charge in [0.05, 0.1) is 10.0 Å². The zero-order valence-electron chi connectivity index (χ0n) is 11.6. The number of carbonyl (C=O) groups is 1. The third-order valence-corrected chi connectivity index (χ3v) is 4.20. The highest BCUT2D eigenvalue weighted by molar-refractivity contribution is 6.42. The Kier molecular flexibility index (Phi) is 4.22. The van der Waals surface area contributed by atoms with Gasteiger partial charge in [0, 0.05) is 12.6 Å². The van der Waals surface area contributed by atoms with E-state index in [-0.39, 0.29) is 24.2 Å². The van der Waals surface area contributed by atoms with Crippen LogP contribution >= 0.6 is 23.2 Å². The van der Waals surface area contributed by atoms with Crippen LogP contribution in [0.25, 0.3) is 0 Å². The highest BCUT2D eigenvalue weighted by atomic mass is 35.5. The van der Waals surface area contributed by atoms with Gasteiger partial charge in [-0.1, -0.05) is 29.3 Å². The van der Waals surface area contributed by atoms with Crippen molar-refractivity contribution in [1.82, 2.24) is 19.7 Å². The Labute approximate surface area is 136 Å². The predicted octanol–water partition coefficient (Wildman–Crippen LogP) is 2.00. The molecule has 1 N–H and O–H groups in total. The molecule has 1 aliphatic rings. The summed E-state index contributed by atoms with van der Waals surface area (Å²) in [7, 11) is 0. The van der Waals surface area contributed by atoms with Crippen molar-refractivity contribution in [3.8, 4) is 0 Å². The molecule has 0 atom stereocenters. The maximum absolute atomic E-state index is 12.0. The smallest absolute Gasteiger partial charge is 0.346 e. The number of aromatic nitrogens is 3. The van der Waals surface area contributed by atoms with Gasteiger partial charge in [0.15, 0.2) is 0 Å². The molecule has 0 saturated heterocycles. The van der Waals surface area contributed by atoms with E-state index in [1.165, 1.54) is 11.0 Å². The van der Waals surface area contributed by atoms with E-state index >= 15 is 0 Å². The standard InChI is InChI=1S/C14H14Cl2N4O2/c15-11-4-1-9(5-12(11)16)6-17-13(21)7-20-14(22)19(8-18-20)10-2-3-10/h1,4-5,8,10H,2-3,6-7H2,(H,17,21). The van der Waals surface area contributed by atoms with E-state index in [1.807, 2.05) is 0 Å². The second-order valence-corrected chi connectivity index (χ2v) is 6.05. The topological polar surface area (TPSA) is 68.9 Å². The number of amides is 1. The Balaban J connectivity index is 1.58. The zero-order chi connectivity index (χ0) is 15.7. The van der Waals surface area contributed by atoms with E-state index in [0.717, 1.165) is 18.4 Å². The minimum atomic E-state index is -0.283. The molecule has 0 aliphatic heterocycles. The van der Waals surface area contributed by atoms with Crippen LogP contribution in [0.2, 0.25) is 10.0 Å². The third-order valence-electron chi connectivity index (χ3n) is 3.46. The molecule has 0 unspecified atom stereocenters. The molecule has 0 radical (unpaired) electrons. The van der Waals surface area contributed by atoms with Gasteiger partial charge in [0.1, 0.15) is 12.9 Å². The number of carbonyl (C=O) groups excluding carboxylic acids is 1. The van der Waals surface area contributed by atoms with Crippen molar-refractivity contribution in [1.29, 1.82) is 0 Å². The molecule has 3 rings (SSSR count). The number of benzene rings is 1. The van der Waals surface area contributed by atoms with E-state index < -0.39 is 0 Å². The fourth-order valence-electron chi connectivity index (χ4n) is 2.10. The van der Waals surface area contributed by atoms with Gasteiger partial charge in [-0.25, -0.2) is 9.48 Å². The van der Waals surface area contributed by atoms with Gasteiger partial charge in [0.2, 0.25) is 5.91 Å². The summed E-state index contributed by atoms with van der Waals surface area (Å²) < 4.78 is 2.74. The Hall–Kier alpha value is -1.79. The number of rotatable bonds is 5. The molecule has 2 aromatic rings. The van der Waals surface area contributed by atoms with E-state index in [9.17, 15) is 9.59 Å². The first kappa shape index (κ1) is 15.1. The quantitative estimate of drug-likeness (QED) is 0.904. The third kappa shape index (κ3) is 3.34. The Morgan fingerprint density at radius 3 is 2.77 bits per heavy atom. The number of nitrogens with one attached hydrogen (secondary N) is 1. The molecule has 1 aromatic heterocycles. The van der Waals surface area contributed by atoms with E-state index in [1.54, 1.807) is 22.8 Å². The van der Waals surface area contributed by atoms with Crippen molar-refractivity contribution in [2.75, 3.05) is 0 Å². The molecule has 1 aromatic carbocycles. The van der Waals surface area contributed by atoms with E-state index in [4.69, 9.17) is 23.2 Å². The average molecular weight is 341 g/mol. The first-order chi connectivity index (χ1) is 10.5. The summed E-state index contributed by atoms with van der Waals surface area (Å²) in [5.41, 5.74) is 0.589. The Morgan fingerprint density at radius 2 is 2.09 bits per heavy atom. The number of nitrogens with zero attached hydrogens (tertiary/aromatic N) is 3. The molecular formula is C14H14Cl2N4O2. The number of hydrogen-bond donors (Lipinski definition) is 1. The summed E-state index contributed by atoms with van der Waals surface area (Å²) in [5.74, 6) is -0.283. The van der Waals surface area contributed by atoms with Crippen molar-refractivity contribution < 1.29 is 4.79 Å². The lowest BCUT2D eigenvalue weighted by Crippen LogP contribution is -2.33. The maximum atomic E-state index is 12.0. The van der Waals surface area contributed by atoms with Crippen LogP contribution in [0.4, 0.5) is 0 Å². The fraction of sp³-hybridized carbons (Fsp3) is 0.357. The van der Waals surface area contributed by atoms with Crippen LogP contribution in [0.3, 0.4) is 0 Å². The fourth-order valence-corrected chi connectivity index (χ4v) is 2.42. The van der Waals surface area contributed by atoms with Gasteiger partial charge < -0.3 is 5.32 Å². The van der Waals surface area contributed by atoms with Gasteiger partial charge in [-0.15, -0.1) is 0 Å². The van der Waals surface area contributed by atoms with Crippen LogP contribution in [0, 0.1) is 0 Å². The normalized spacial score (nSPS) is 14.1. The predicted molar refractivity (Wildman–Crippen MR) is 83.1 cm³/mol. The summed E-state index contributed by atoms with van der Waals surface area (Å²) in [4.78, 5) is 23.9. The second-order valence-electron chi connectivity index (χ2n) is 5.23. The molecule has 1 heterocycles. The molecule has 1 amide bonds. The van der Waals surface area contributed by atoms with Gasteiger partial charge in [-0.2, -0.15) is 5.10 Å². The number of hydrogen-bond acceptors (Lipinski definition) is 3. The summed E-state index contributed by atoms with van der Waals surface area (Å²) >= 11 is 11.7. The van der Waals surface area contributed by atoms with Crippen LogP contribution in [-0.4, -0.2) is 20.3 Å². The largest absolute Gasteiger partial charge is 0.350 e. The van der Waals surface area contributed by atoms with Crippen molar-refractivity contribution in [2.24, 2.45) is 0 Å². The van der Waals surface area contributed by atoms with Crippen molar-refractivity contribution in [3.05, 3.63) is 50.6 Å². The highest BCUT2D eigenvalue weighted by Gasteiger charge is 2.26. The lowest BCUT2D eigenvalue weighted by atomic mass is 10.2. The Bertz CT molecular complexity index is 764. The monoisotopic (exact) mass is 340 g/mol. The lowest BCUT2D eigenvalue weighted by Gasteiger charge is -2.06. The van der Waals surface area contributed by atoms with Crippen LogP contribution in [0.15, 0.2) is 29.3 Å². The summed E-state index contributed by atoms with van der Waals surface area (Å²) in [6.07, 6.45) is 3.48. The average Bonchev–Trinajstić information content (AvgIpc) is 3.27. The molecule has 6 nitrogen and oxygen atoms in total. The minimum Gasteiger partial charge on any atom is -0.350 e. The summed E-state index contributed by atoms with van der Waals surface area (Å²) in [6, 6.07) is 5.40. The Morgan fingerprint density at radius 1 is 1.32 bits per heavy atom. The van der Waals surface area contributed by atoms with Crippen LogP contribution < -0.4 is 11.0 Å². The molecule has 22 heavy (non-hydrogen) atoms. The van der Waals surface area contributed by atoms with Gasteiger partial charge in [0.25, 0.3) is 0 Å². The molecule has 1 saturated carbocycles. The number of halogens is 2. The van der Waals surface area contributed by atoms with Gasteiger partial charge >= 0.3 is 5.69 Å². The molecule has 116 valence electrons. The first-order valence-corrected chi connectivity index (χ1v) is 7.65. The SMILES string of the molecule is O=C(Cn1ncn(C2CC2)c1=O)NCc1ccc(Cl)c(Cl)c1. The van der Waals surface area contributed by atoms with Crippen molar-refractivity contribution in [2.45, 2.75) is 32.0 Å². The van der Waals surface area contributed by atoms with Crippen molar-refractivity contribution >= 4 is 29.1 Å². The molecule has 1 fully saturated rings. The second kappa shape index (κ2) is 6.14. The van der Waals surface area contributed by atoms with Crippen LogP contribution in [-0.2, 0) is 17.9 Å². The van der Waals surface area contributed by atoms with Gasteiger partial charge in [-0.3, -0.25) is 9.36 Å². The molecule has 8 heteroatoms. The summed E-state index contributed by atoms with van der Waals surface area (Å²) in [6.45, 7) is 0.216. The molecule has 1 aliphatic carbocycles. The molecular weight excluding hydrogens is 327 g/mol. The molecule has 0 bridgehead atoms. The maximum Gasteiger partial charge on any atom is 0.346 e. The van der Waals surface area contributed by atoms with E-state index in [2.05, 4.69) is 10.4 Å². The minimum absolute atomic E-state index is 0.0973.